The lowest BCUT2D eigenvalue weighted by atomic mass is 10.1. The van der Waals surface area contributed by atoms with Gasteiger partial charge in [0.25, 0.3) is 0 Å². The van der Waals surface area contributed by atoms with Crippen LogP contribution < -0.4 is 10.2 Å². The molecule has 1 N–H and O–H groups in total. The highest BCUT2D eigenvalue weighted by molar-refractivity contribution is 7.09. The molecular weight excluding hydrogens is 351 g/mol. The summed E-state index contributed by atoms with van der Waals surface area (Å²) in [5.41, 5.74) is 0.987. The number of guanidine groups is 1. The maximum absolute atomic E-state index is 13.2. The first-order valence-electron chi connectivity index (χ1n) is 8.97. The van der Waals surface area contributed by atoms with E-state index in [0.29, 0.717) is 0 Å². The van der Waals surface area contributed by atoms with Crippen LogP contribution in [0.1, 0.15) is 18.3 Å². The molecule has 0 spiro atoms. The van der Waals surface area contributed by atoms with Crippen molar-refractivity contribution in [1.82, 2.24) is 19.6 Å². The second-order valence-corrected chi connectivity index (χ2v) is 6.91. The minimum Gasteiger partial charge on any atom is -0.356 e. The predicted octanol–water partition coefficient (Wildman–Crippen LogP) is 2.18. The van der Waals surface area contributed by atoms with Crippen LogP contribution in [0, 0.1) is 5.82 Å². The molecule has 26 heavy (non-hydrogen) atoms. The van der Waals surface area contributed by atoms with Crippen molar-refractivity contribution in [1.29, 1.82) is 0 Å². The highest BCUT2D eigenvalue weighted by Crippen LogP contribution is 2.19. The van der Waals surface area contributed by atoms with Gasteiger partial charge in [-0.05, 0) is 24.1 Å². The average Bonchev–Trinajstić information content (AvgIpc) is 3.15. The van der Waals surface area contributed by atoms with Crippen molar-refractivity contribution < 1.29 is 4.39 Å². The molecule has 0 aliphatic carbocycles. The highest BCUT2D eigenvalue weighted by Gasteiger charge is 2.21. The molecule has 1 aliphatic rings. The Morgan fingerprint density at radius 1 is 1.31 bits per heavy atom. The maximum atomic E-state index is 13.2. The molecular formula is C18H25FN6S. The molecule has 1 saturated heterocycles. The van der Waals surface area contributed by atoms with Gasteiger partial charge in [-0.25, -0.2) is 9.37 Å². The minimum absolute atomic E-state index is 0.189. The SMILES string of the molecule is CCc1nsc(N2CCN(C(=NC)NCCc3cccc(F)c3)CC2)n1. The molecule has 0 radical (unpaired) electrons. The van der Waals surface area contributed by atoms with Crippen molar-refractivity contribution in [3.05, 3.63) is 41.5 Å². The third-order valence-electron chi connectivity index (χ3n) is 4.42. The van der Waals surface area contributed by atoms with Gasteiger partial charge < -0.3 is 15.1 Å². The third-order valence-corrected chi connectivity index (χ3v) is 5.24. The zero-order valence-corrected chi connectivity index (χ0v) is 16.1. The van der Waals surface area contributed by atoms with Crippen LogP contribution in [-0.4, -0.2) is 60.0 Å². The fourth-order valence-electron chi connectivity index (χ4n) is 2.97. The summed E-state index contributed by atoms with van der Waals surface area (Å²) in [6.45, 7) is 6.39. The summed E-state index contributed by atoms with van der Waals surface area (Å²) in [5, 5.41) is 4.39. The molecule has 2 heterocycles. The van der Waals surface area contributed by atoms with Gasteiger partial charge in [0.05, 0.1) is 0 Å². The van der Waals surface area contributed by atoms with Crippen LogP contribution in [0.15, 0.2) is 29.3 Å². The van der Waals surface area contributed by atoms with Crippen LogP contribution in [0.4, 0.5) is 9.52 Å². The first-order chi connectivity index (χ1) is 12.7. The van der Waals surface area contributed by atoms with Crippen molar-refractivity contribution in [3.63, 3.8) is 0 Å². The Balaban J connectivity index is 1.47. The quantitative estimate of drug-likeness (QED) is 0.640. The molecule has 2 aromatic rings. The first-order valence-corrected chi connectivity index (χ1v) is 9.74. The van der Waals surface area contributed by atoms with Crippen LogP contribution >= 0.6 is 11.5 Å². The second kappa shape index (κ2) is 8.93. The zero-order valence-electron chi connectivity index (χ0n) is 15.3. The summed E-state index contributed by atoms with van der Waals surface area (Å²) < 4.78 is 17.6. The van der Waals surface area contributed by atoms with Gasteiger partial charge in [0, 0.05) is 57.7 Å². The van der Waals surface area contributed by atoms with E-state index in [2.05, 4.69) is 36.4 Å². The predicted molar refractivity (Wildman–Crippen MR) is 105 cm³/mol. The van der Waals surface area contributed by atoms with E-state index in [0.717, 1.165) is 68.0 Å². The average molecular weight is 377 g/mol. The number of rotatable bonds is 5. The molecule has 0 bridgehead atoms. The lowest BCUT2D eigenvalue weighted by Crippen LogP contribution is -2.52. The minimum atomic E-state index is -0.189. The standard InChI is InChI=1S/C18H25FN6S/c1-3-16-22-18(26-23-16)25-11-9-24(10-12-25)17(20-2)21-8-7-14-5-4-6-15(19)13-14/h4-6,13H,3,7-12H2,1-2H3,(H,20,21). The summed E-state index contributed by atoms with van der Waals surface area (Å²) >= 11 is 1.48. The van der Waals surface area contributed by atoms with Gasteiger partial charge in [-0.15, -0.1) is 0 Å². The largest absolute Gasteiger partial charge is 0.356 e. The van der Waals surface area contributed by atoms with Gasteiger partial charge in [-0.1, -0.05) is 19.1 Å². The van der Waals surface area contributed by atoms with Gasteiger partial charge in [0.15, 0.2) is 5.96 Å². The summed E-state index contributed by atoms with van der Waals surface area (Å²) in [6, 6.07) is 6.74. The van der Waals surface area contributed by atoms with Gasteiger partial charge >= 0.3 is 0 Å². The summed E-state index contributed by atoms with van der Waals surface area (Å²) in [6.07, 6.45) is 1.64. The van der Waals surface area contributed by atoms with Crippen molar-refractivity contribution in [2.75, 3.05) is 44.7 Å². The van der Waals surface area contributed by atoms with E-state index in [1.165, 1.54) is 17.6 Å². The van der Waals surface area contributed by atoms with E-state index in [4.69, 9.17) is 0 Å². The fourth-order valence-corrected chi connectivity index (χ4v) is 3.77. The number of aromatic nitrogens is 2. The summed E-state index contributed by atoms with van der Waals surface area (Å²) in [4.78, 5) is 13.5. The topological polar surface area (TPSA) is 56.7 Å². The molecule has 1 aliphatic heterocycles. The van der Waals surface area contributed by atoms with Gasteiger partial charge in [-0.2, -0.15) is 4.37 Å². The van der Waals surface area contributed by atoms with Crippen LogP contribution in [0.5, 0.6) is 0 Å². The summed E-state index contributed by atoms with van der Waals surface area (Å²) in [7, 11) is 1.80. The summed E-state index contributed by atoms with van der Waals surface area (Å²) in [5.74, 6) is 1.63. The molecule has 6 nitrogen and oxygen atoms in total. The molecule has 1 fully saturated rings. The fraction of sp³-hybridized carbons (Fsp3) is 0.500. The Kier molecular flexibility index (Phi) is 6.38. The van der Waals surface area contributed by atoms with Crippen molar-refractivity contribution in [3.8, 4) is 0 Å². The number of piperazine rings is 1. The van der Waals surface area contributed by atoms with Crippen LogP contribution in [0.3, 0.4) is 0 Å². The molecule has 3 rings (SSSR count). The monoisotopic (exact) mass is 376 g/mol. The number of nitrogens with zero attached hydrogens (tertiary/aromatic N) is 5. The number of nitrogens with one attached hydrogen (secondary N) is 1. The number of hydrogen-bond acceptors (Lipinski definition) is 5. The van der Waals surface area contributed by atoms with Crippen LogP contribution in [-0.2, 0) is 12.8 Å². The zero-order chi connectivity index (χ0) is 18.4. The van der Waals surface area contributed by atoms with Gasteiger partial charge in [-0.3, -0.25) is 4.99 Å². The molecule has 0 amide bonds. The number of hydrogen-bond donors (Lipinski definition) is 1. The molecule has 8 heteroatoms. The van der Waals surface area contributed by atoms with Crippen molar-refractivity contribution in [2.24, 2.45) is 4.99 Å². The van der Waals surface area contributed by atoms with Crippen molar-refractivity contribution in [2.45, 2.75) is 19.8 Å². The van der Waals surface area contributed by atoms with Crippen molar-refractivity contribution >= 4 is 22.6 Å². The Bertz CT molecular complexity index is 739. The molecule has 1 aromatic carbocycles. The van der Waals surface area contributed by atoms with Crippen LogP contribution in [0.25, 0.3) is 0 Å². The Labute approximate surface area is 157 Å². The Morgan fingerprint density at radius 2 is 2.12 bits per heavy atom. The number of aryl methyl sites for hydroxylation is 1. The van der Waals surface area contributed by atoms with Crippen LogP contribution in [0.2, 0.25) is 0 Å². The Hall–Kier alpha value is -2.22. The molecule has 0 unspecified atom stereocenters. The Morgan fingerprint density at radius 3 is 2.77 bits per heavy atom. The second-order valence-electron chi connectivity index (χ2n) is 6.17. The smallest absolute Gasteiger partial charge is 0.205 e. The number of aliphatic imine (C=N–C) groups is 1. The number of benzene rings is 1. The number of halogens is 1. The van der Waals surface area contributed by atoms with E-state index in [9.17, 15) is 4.39 Å². The molecule has 0 saturated carbocycles. The molecule has 1 aromatic heterocycles. The first kappa shape index (κ1) is 18.6. The maximum Gasteiger partial charge on any atom is 0.205 e. The van der Waals surface area contributed by atoms with E-state index >= 15 is 0 Å². The third kappa shape index (κ3) is 4.69. The van der Waals surface area contributed by atoms with Gasteiger partial charge in [0.2, 0.25) is 5.13 Å². The molecule has 0 atom stereocenters. The van der Waals surface area contributed by atoms with Gasteiger partial charge in [0.1, 0.15) is 11.6 Å². The van der Waals surface area contributed by atoms with E-state index in [1.807, 2.05) is 6.07 Å². The lowest BCUT2D eigenvalue weighted by molar-refractivity contribution is 0.372. The van der Waals surface area contributed by atoms with E-state index in [1.54, 1.807) is 19.2 Å². The molecule has 140 valence electrons. The van der Waals surface area contributed by atoms with E-state index < -0.39 is 0 Å². The lowest BCUT2D eigenvalue weighted by Gasteiger charge is -2.36. The normalized spacial score (nSPS) is 15.4. The number of anilines is 1. The van der Waals surface area contributed by atoms with E-state index in [-0.39, 0.29) is 5.82 Å². The highest BCUT2D eigenvalue weighted by atomic mass is 32.1.